The second-order valence-electron chi connectivity index (χ2n) is 28.9. The lowest BCUT2D eigenvalue weighted by molar-refractivity contribution is -0.385. The van der Waals surface area contributed by atoms with E-state index in [1.807, 2.05) is 30.7 Å². The number of nitrogens with one attached hydrogen (secondary N) is 1. The number of nitrogen functional groups attached to an aromatic ring is 3. The number of non-ortho nitro benzene ring substituents is 5. The van der Waals surface area contributed by atoms with Crippen molar-refractivity contribution in [2.75, 3.05) is 24.4 Å². The molecule has 0 saturated carbocycles. The van der Waals surface area contributed by atoms with Crippen molar-refractivity contribution in [3.8, 4) is 39.6 Å². The Bertz CT molecular complexity index is 7210. The van der Waals surface area contributed by atoms with E-state index < -0.39 is 62.4 Å². The van der Waals surface area contributed by atoms with Gasteiger partial charge in [-0.3, -0.25) is 73.2 Å². The molecule has 735 valence electrons. The van der Waals surface area contributed by atoms with Gasteiger partial charge in [0.05, 0.1) is 86.4 Å². The molecule has 0 amide bonds. The van der Waals surface area contributed by atoms with Gasteiger partial charge in [-0.05, 0) is 204 Å². The molecule has 17 rings (SSSR count). The Morgan fingerprint density at radius 2 is 0.837 bits per heavy atom. The maximum Gasteiger partial charge on any atom is 0.569 e. The summed E-state index contributed by atoms with van der Waals surface area (Å²) >= 11 is 45.0. The third kappa shape index (κ3) is 31.1. The molecule has 57 heteroatoms. The Kier molecular flexibility index (Phi) is 43.3. The highest BCUT2D eigenvalue weighted by Gasteiger charge is 2.28. The van der Waals surface area contributed by atoms with Crippen molar-refractivity contribution in [1.29, 1.82) is 0 Å². The molecule has 0 aliphatic heterocycles. The topological polar surface area (TPSA) is 656 Å². The summed E-state index contributed by atoms with van der Waals surface area (Å²) in [5.74, 6) is 1.53. The monoisotopic (exact) mass is 2500 g/mol. The summed E-state index contributed by atoms with van der Waals surface area (Å²) in [5, 5.41) is 85.9. The third-order valence-electron chi connectivity index (χ3n) is 17.5. The maximum atomic E-state index is 11.2. The van der Waals surface area contributed by atoms with E-state index in [1.165, 1.54) is 98.4 Å². The molecule has 0 aliphatic rings. The summed E-state index contributed by atoms with van der Waals surface area (Å²) in [5.41, 5.74) is 23.1. The number of carbonyl (C=O) groups excluding carboxylic acids is 2. The molecular weight excluding hydrogens is 2430 g/mol. The predicted molar refractivity (Wildman–Crippen MR) is 569 cm³/mol. The number of rotatable bonds is 13. The number of anilines is 3. The van der Waals surface area contributed by atoms with Crippen molar-refractivity contribution in [2.45, 2.75) is 60.2 Å². The molecule has 10 heterocycles. The van der Waals surface area contributed by atoms with E-state index in [-0.39, 0.29) is 58.8 Å². The van der Waals surface area contributed by atoms with Crippen LogP contribution in [0.3, 0.4) is 0 Å². The van der Waals surface area contributed by atoms with E-state index in [0.29, 0.717) is 121 Å². The fourth-order valence-corrected chi connectivity index (χ4v) is 16.5. The van der Waals surface area contributed by atoms with E-state index in [0.717, 1.165) is 44.1 Å². The van der Waals surface area contributed by atoms with E-state index >= 15 is 0 Å². The molecule has 15 N–H and O–H groups in total. The first kappa shape index (κ1) is 115. The van der Waals surface area contributed by atoms with Gasteiger partial charge in [0.25, 0.3) is 28.4 Å². The SMILES string of the molecule is C.CC(C)(C)OC(=O)OC(=O)OC(C)(C)C.Clc1ncnc2[nH]cc(I)c12.N.Nc1ncnc2c1c(-c1ccc(Cl)cc1)c(Cl)n2-c1cccc([N+](=O)[O-])c1.Nc1ncnc2c1c(I)c(Cl)n2-c1cccc([N+](=O)[O-])c1.Nc1ncnc2c1c(I)cn2-c1cccc([N+](=O)[O-])c1.O.O=[N+]([O-])c1cccc(-n2cc(I)c3c(Cl)ncnc32)c1.O=[N+]([O-])c1cccc(B(O)O)c1.O[B]Oc1ccc(Cl)cc1.[2H]CF. The number of nitrogens with two attached hydrogens (primary N) is 3. The highest BCUT2D eigenvalue weighted by Crippen LogP contribution is 2.43. The average molecular weight is 2500 g/mol. The number of nitro groups is 5. The van der Waals surface area contributed by atoms with Gasteiger partial charge in [-0.2, -0.15) is 0 Å². The number of carbonyl (C=O) groups is 2. The van der Waals surface area contributed by atoms with E-state index in [1.54, 1.807) is 145 Å². The highest BCUT2D eigenvalue weighted by molar-refractivity contribution is 14.1. The van der Waals surface area contributed by atoms with Gasteiger partial charge in [0, 0.05) is 106 Å². The lowest BCUT2D eigenvalue weighted by Crippen LogP contribution is -2.29. The summed E-state index contributed by atoms with van der Waals surface area (Å²) in [6.07, 6.45) is 10.2. The van der Waals surface area contributed by atoms with Crippen LogP contribution in [0, 0.1) is 64.9 Å². The van der Waals surface area contributed by atoms with Crippen LogP contribution in [0.2, 0.25) is 30.7 Å². The van der Waals surface area contributed by atoms with Gasteiger partial charge in [0.1, 0.15) is 92.3 Å². The van der Waals surface area contributed by atoms with E-state index in [9.17, 15) is 64.6 Å². The molecule has 7 aromatic carbocycles. The van der Waals surface area contributed by atoms with Gasteiger partial charge in [-0.1, -0.05) is 126 Å². The Balaban J connectivity index is 0.000000251. The van der Waals surface area contributed by atoms with Crippen LogP contribution in [-0.2, 0) is 14.2 Å². The summed E-state index contributed by atoms with van der Waals surface area (Å²) in [7, 11) is -2.03. The first-order valence-corrected chi connectivity index (χ1v) is 44.9. The summed E-state index contributed by atoms with van der Waals surface area (Å²) in [6, 6.07) is 44.0. The Morgan fingerprint density at radius 1 is 0.482 bits per heavy atom. The molecule has 0 spiro atoms. The molecule has 0 atom stereocenters. The number of ether oxygens (including phenoxy) is 3. The number of nitro benzene ring substituents is 5. The minimum Gasteiger partial charge on any atom is -0.537 e. The van der Waals surface area contributed by atoms with Crippen molar-refractivity contribution in [3.63, 3.8) is 0 Å². The number of hydrogen-bond donors (Lipinski definition) is 8. The fourth-order valence-electron chi connectivity index (χ4n) is 11.8. The zero-order valence-corrected chi connectivity index (χ0v) is 85.8. The smallest absolute Gasteiger partial charge is 0.537 e. The van der Waals surface area contributed by atoms with Gasteiger partial charge in [0.2, 0.25) is 0 Å². The van der Waals surface area contributed by atoms with Crippen molar-refractivity contribution in [1.82, 2.24) is 79.2 Å². The number of aromatic amines is 1. The summed E-state index contributed by atoms with van der Waals surface area (Å²) < 4.78 is 44.2. The van der Waals surface area contributed by atoms with Crippen molar-refractivity contribution in [3.05, 3.63) is 316 Å². The van der Waals surface area contributed by atoms with Crippen LogP contribution in [0.5, 0.6) is 5.75 Å². The number of nitrogens with zero attached hydrogens (tertiary/aromatic N) is 19. The molecule has 0 unspecified atom stereocenters. The molecule has 44 nitrogen and oxygen atoms in total. The first-order chi connectivity index (χ1) is 65.8. The van der Waals surface area contributed by atoms with Gasteiger partial charge in [0.15, 0.2) is 22.6 Å². The van der Waals surface area contributed by atoms with Crippen LogP contribution in [0.4, 0.5) is 59.9 Å². The van der Waals surface area contributed by atoms with Gasteiger partial charge in [-0.15, -0.1) is 0 Å². The van der Waals surface area contributed by atoms with Crippen LogP contribution in [0.1, 0.15) is 50.3 Å². The highest BCUT2D eigenvalue weighted by atomic mass is 127. The lowest BCUT2D eigenvalue weighted by atomic mass is 9.80. The van der Waals surface area contributed by atoms with Crippen LogP contribution >= 0.6 is 160 Å². The molecule has 17 aromatic rings. The van der Waals surface area contributed by atoms with Gasteiger partial charge in [-0.25, -0.2) is 59.4 Å². The second-order valence-corrected chi connectivity index (χ2v) is 35.8. The fraction of sp³-hybridized carbons (Fsp3) is 0.119. The van der Waals surface area contributed by atoms with Crippen LogP contribution < -0.4 is 33.5 Å². The van der Waals surface area contributed by atoms with Crippen molar-refractivity contribution in [2.24, 2.45) is 0 Å². The zero-order chi connectivity index (χ0) is 102. The molecular formula is C84H76B2Cl6FI4N24O20. The zero-order valence-electron chi connectivity index (χ0n) is 73.6. The minimum absolute atomic E-state index is 0. The number of halogens is 11. The molecule has 0 saturated heterocycles. The molecule has 141 heavy (non-hydrogen) atoms. The van der Waals surface area contributed by atoms with Gasteiger partial charge >= 0.3 is 27.1 Å². The molecule has 0 bridgehead atoms. The molecule has 0 aliphatic carbocycles. The first-order valence-electron chi connectivity index (χ1n) is 39.0. The van der Waals surface area contributed by atoms with Crippen LogP contribution in [0.25, 0.3) is 89.0 Å². The number of aromatic nitrogens is 15. The van der Waals surface area contributed by atoms with Crippen LogP contribution in [0.15, 0.2) is 220 Å². The average Bonchev–Trinajstić information content (AvgIpc) is 1.59. The Labute approximate surface area is 883 Å². The number of benzene rings is 7. The molecule has 0 fully saturated rings. The number of alkyl halides is 1. The second kappa shape index (κ2) is 53.1. The molecule has 10 aromatic heterocycles. The van der Waals surface area contributed by atoms with Crippen LogP contribution in [-0.4, -0.2) is 164 Å². The summed E-state index contributed by atoms with van der Waals surface area (Å²) in [4.78, 5) is 117. The summed E-state index contributed by atoms with van der Waals surface area (Å²) in [6.45, 7) is 10.0. The maximum absolute atomic E-state index is 11.2. The predicted octanol–water partition coefficient (Wildman–Crippen LogP) is 20.3. The van der Waals surface area contributed by atoms with E-state index in [4.69, 9.17) is 113 Å². The Morgan fingerprint density at radius 3 is 1.26 bits per heavy atom. The number of H-pyrrole nitrogens is 1. The van der Waals surface area contributed by atoms with Crippen molar-refractivity contribution >= 4 is 294 Å². The van der Waals surface area contributed by atoms with Crippen molar-refractivity contribution < 1.29 is 79.4 Å². The Hall–Kier alpha value is -12.9. The number of fused-ring (bicyclic) bond motifs is 5. The largest absolute Gasteiger partial charge is 0.569 e. The lowest BCUT2D eigenvalue weighted by Gasteiger charge is -2.20. The third-order valence-corrected chi connectivity index (χ3v) is 23.2. The van der Waals surface area contributed by atoms with E-state index in [2.05, 4.69) is 155 Å². The quantitative estimate of drug-likeness (QED) is 0.0101. The van der Waals surface area contributed by atoms with Gasteiger partial charge < -0.3 is 67.7 Å². The normalized spacial score (nSPS) is 10.5. The molecule has 1 radical (unpaired) electrons. The minimum atomic E-state index is -1.66. The number of hydrogen-bond acceptors (Lipinski definition) is 33. The standard InChI is InChI=1S/C18H11Cl2N5O2.C12H7ClIN5O2.C12H6ClIN4O2.C12H8IN5O2.C10H18O5.C6H5BClO2.C6H6BNO4.C6H3ClIN3.CH3F.CH4.H3N.H2O/c19-11-6-4-10(5-7-11)14-15-17(21)22-9-23-18(15)24(16(14)20)12-2-1-3-13(8-12)25(26)27;13-10-9(14)8-11(15)16-5-17-12(8)18(10)6-2-1-3-7(4-6)19(20)21;13-11-10-9(14)5-17(12(10)16-6-15-11)7-2-1-3-8(4-7)18(19)20;13-9-5-17(12-10(9)11(14)15-6-16-12)7-2-1-3-8(4-7)18(19)20;1-9(2,3)14-7(11)13-8(12)15-10(4,5)6;8-5-1-3-6(4-2-5)10-7-9;9-7(10)5-2-1-3-6(4-5)8(11)12;7-5-4-3(8)1-9-6(4)11-2-10-5;1-2;;;/h1-9H,(H2,21,22,23);1-5H,(H2,15,16,17);1-6H;1-6H,(H2,14,15,16);1-6H3;1-4,9H;1-4,9-10H;1-2H,(H,9,10,11);1H3;1H4;1H3;1H2/i;;;;;;;;1D;;;.